The van der Waals surface area contributed by atoms with E-state index in [2.05, 4.69) is 10.3 Å². The number of nitrogens with zero attached hydrogens (tertiary/aromatic N) is 1. The molecule has 0 fully saturated rings. The molecule has 0 aliphatic rings. The number of hydrogen-bond acceptors (Lipinski definition) is 5. The van der Waals surface area contributed by atoms with Gasteiger partial charge in [0.15, 0.2) is 5.75 Å². The standard InChI is InChI=1S/C22H18N4O2/c23-16-11-15(12-17(24)13-16)22(27)26-18-6-8-19(9-7-18)28-20-5-1-3-14-4-2-10-25-21(14)20/h1-13H,23-24H2,(H,26,27). The van der Waals surface area contributed by atoms with Gasteiger partial charge in [-0.2, -0.15) is 0 Å². The zero-order valence-electron chi connectivity index (χ0n) is 14.9. The number of amides is 1. The van der Waals surface area contributed by atoms with Crippen molar-refractivity contribution in [3.63, 3.8) is 0 Å². The van der Waals surface area contributed by atoms with Gasteiger partial charge < -0.3 is 21.5 Å². The molecule has 0 unspecified atom stereocenters. The van der Waals surface area contributed by atoms with Gasteiger partial charge >= 0.3 is 0 Å². The van der Waals surface area contributed by atoms with Gasteiger partial charge in [-0.15, -0.1) is 0 Å². The van der Waals surface area contributed by atoms with E-state index in [0.717, 1.165) is 10.9 Å². The number of nitrogen functional groups attached to an aromatic ring is 2. The molecule has 0 saturated carbocycles. The van der Waals surface area contributed by atoms with Crippen molar-refractivity contribution in [2.24, 2.45) is 0 Å². The molecular weight excluding hydrogens is 352 g/mol. The van der Waals surface area contributed by atoms with Gasteiger partial charge in [0.05, 0.1) is 0 Å². The second-order valence-electron chi connectivity index (χ2n) is 6.30. The molecule has 1 heterocycles. The van der Waals surface area contributed by atoms with E-state index in [0.29, 0.717) is 34.1 Å². The molecule has 1 aromatic heterocycles. The molecule has 3 aromatic carbocycles. The van der Waals surface area contributed by atoms with Gasteiger partial charge in [0.2, 0.25) is 0 Å². The second kappa shape index (κ2) is 7.28. The average molecular weight is 370 g/mol. The Kier molecular flexibility index (Phi) is 4.51. The average Bonchev–Trinajstić information content (AvgIpc) is 2.69. The van der Waals surface area contributed by atoms with Crippen LogP contribution < -0.4 is 21.5 Å². The Labute approximate surface area is 161 Å². The number of para-hydroxylation sites is 1. The Morgan fingerprint density at radius 3 is 2.36 bits per heavy atom. The minimum Gasteiger partial charge on any atom is -0.455 e. The Balaban J connectivity index is 1.50. The van der Waals surface area contributed by atoms with Crippen molar-refractivity contribution in [2.75, 3.05) is 16.8 Å². The van der Waals surface area contributed by atoms with Crippen molar-refractivity contribution >= 4 is 33.9 Å². The summed E-state index contributed by atoms with van der Waals surface area (Å²) in [5.74, 6) is 1.03. The van der Waals surface area contributed by atoms with Crippen molar-refractivity contribution < 1.29 is 9.53 Å². The van der Waals surface area contributed by atoms with Crippen LogP contribution >= 0.6 is 0 Å². The number of nitrogens with one attached hydrogen (secondary N) is 1. The van der Waals surface area contributed by atoms with Crippen molar-refractivity contribution in [3.8, 4) is 11.5 Å². The lowest BCUT2D eigenvalue weighted by Crippen LogP contribution is -2.12. The molecule has 0 radical (unpaired) electrons. The second-order valence-corrected chi connectivity index (χ2v) is 6.30. The first-order valence-electron chi connectivity index (χ1n) is 8.67. The summed E-state index contributed by atoms with van der Waals surface area (Å²) >= 11 is 0. The fourth-order valence-corrected chi connectivity index (χ4v) is 2.90. The molecule has 6 nitrogen and oxygen atoms in total. The lowest BCUT2D eigenvalue weighted by Gasteiger charge is -2.10. The molecule has 0 aliphatic carbocycles. The van der Waals surface area contributed by atoms with Gasteiger partial charge in [0.1, 0.15) is 11.3 Å². The van der Waals surface area contributed by atoms with Crippen molar-refractivity contribution in [3.05, 3.63) is 84.6 Å². The number of aromatic nitrogens is 1. The number of nitrogens with two attached hydrogens (primary N) is 2. The predicted molar refractivity (Wildman–Crippen MR) is 111 cm³/mol. The number of carbonyl (C=O) groups is 1. The van der Waals surface area contributed by atoms with Crippen LogP contribution in [0.2, 0.25) is 0 Å². The van der Waals surface area contributed by atoms with E-state index >= 15 is 0 Å². The van der Waals surface area contributed by atoms with Crippen LogP contribution in [0.25, 0.3) is 10.9 Å². The Hall–Kier alpha value is -4.06. The smallest absolute Gasteiger partial charge is 0.255 e. The van der Waals surface area contributed by atoms with E-state index in [-0.39, 0.29) is 5.91 Å². The van der Waals surface area contributed by atoms with Crippen LogP contribution in [0.1, 0.15) is 10.4 Å². The zero-order chi connectivity index (χ0) is 19.5. The van der Waals surface area contributed by atoms with Crippen LogP contribution in [0.15, 0.2) is 79.0 Å². The van der Waals surface area contributed by atoms with Gasteiger partial charge in [0.25, 0.3) is 5.91 Å². The largest absolute Gasteiger partial charge is 0.455 e. The van der Waals surface area contributed by atoms with E-state index < -0.39 is 0 Å². The number of rotatable bonds is 4. The molecular formula is C22H18N4O2. The van der Waals surface area contributed by atoms with Crippen molar-refractivity contribution in [1.82, 2.24) is 4.98 Å². The first kappa shape index (κ1) is 17.4. The highest BCUT2D eigenvalue weighted by Gasteiger charge is 2.09. The monoisotopic (exact) mass is 370 g/mol. The van der Waals surface area contributed by atoms with Crippen molar-refractivity contribution in [2.45, 2.75) is 0 Å². The Bertz CT molecular complexity index is 1130. The molecule has 5 N–H and O–H groups in total. The fraction of sp³-hybridized carbons (Fsp3) is 0. The molecule has 1 amide bonds. The van der Waals surface area contributed by atoms with E-state index in [1.165, 1.54) is 0 Å². The topological polar surface area (TPSA) is 103 Å². The molecule has 0 atom stereocenters. The molecule has 0 bridgehead atoms. The van der Waals surface area contributed by atoms with E-state index in [1.807, 2.05) is 30.3 Å². The summed E-state index contributed by atoms with van der Waals surface area (Å²) in [5, 5.41) is 3.82. The normalized spacial score (nSPS) is 10.6. The third-order valence-corrected chi connectivity index (χ3v) is 4.18. The molecule has 0 spiro atoms. The molecule has 28 heavy (non-hydrogen) atoms. The van der Waals surface area contributed by atoms with E-state index in [4.69, 9.17) is 16.2 Å². The zero-order valence-corrected chi connectivity index (χ0v) is 14.9. The van der Waals surface area contributed by atoms with Gasteiger partial charge in [-0.3, -0.25) is 9.78 Å². The highest BCUT2D eigenvalue weighted by Crippen LogP contribution is 2.29. The van der Waals surface area contributed by atoms with Gasteiger partial charge in [-0.1, -0.05) is 18.2 Å². The molecule has 138 valence electrons. The number of fused-ring (bicyclic) bond motifs is 1. The summed E-state index contributed by atoms with van der Waals surface area (Å²) in [6, 6.07) is 21.5. The molecule has 4 aromatic rings. The third kappa shape index (κ3) is 3.71. The molecule has 0 saturated heterocycles. The quantitative estimate of drug-likeness (QED) is 0.461. The summed E-state index contributed by atoms with van der Waals surface area (Å²) in [7, 11) is 0. The third-order valence-electron chi connectivity index (χ3n) is 4.18. The number of anilines is 3. The number of benzene rings is 3. The molecule has 0 aliphatic heterocycles. The number of pyridine rings is 1. The van der Waals surface area contributed by atoms with Crippen LogP contribution in [0.3, 0.4) is 0 Å². The van der Waals surface area contributed by atoms with Crippen LogP contribution in [0.5, 0.6) is 11.5 Å². The van der Waals surface area contributed by atoms with Crippen molar-refractivity contribution in [1.29, 1.82) is 0 Å². The van der Waals surface area contributed by atoms with Crippen LogP contribution in [-0.2, 0) is 0 Å². The maximum absolute atomic E-state index is 12.4. The minimum absolute atomic E-state index is 0.286. The number of hydrogen-bond donors (Lipinski definition) is 3. The van der Waals surface area contributed by atoms with Crippen LogP contribution in [0, 0.1) is 0 Å². The maximum Gasteiger partial charge on any atom is 0.255 e. The number of carbonyl (C=O) groups excluding carboxylic acids is 1. The predicted octanol–water partition coefficient (Wildman–Crippen LogP) is 4.44. The Morgan fingerprint density at radius 2 is 1.61 bits per heavy atom. The lowest BCUT2D eigenvalue weighted by atomic mass is 10.1. The summed E-state index contributed by atoms with van der Waals surface area (Å²) in [4.78, 5) is 16.8. The molecule has 4 rings (SSSR count). The fourth-order valence-electron chi connectivity index (χ4n) is 2.90. The van der Waals surface area contributed by atoms with E-state index in [9.17, 15) is 4.79 Å². The first-order valence-corrected chi connectivity index (χ1v) is 8.67. The summed E-state index contributed by atoms with van der Waals surface area (Å²) in [6.07, 6.45) is 1.73. The van der Waals surface area contributed by atoms with E-state index in [1.54, 1.807) is 48.7 Å². The van der Waals surface area contributed by atoms with Crippen LogP contribution in [-0.4, -0.2) is 10.9 Å². The first-order chi connectivity index (χ1) is 13.6. The van der Waals surface area contributed by atoms with Gasteiger partial charge in [-0.25, -0.2) is 0 Å². The SMILES string of the molecule is Nc1cc(N)cc(C(=O)Nc2ccc(Oc3cccc4cccnc34)cc2)c1. The summed E-state index contributed by atoms with van der Waals surface area (Å²) in [6.45, 7) is 0. The summed E-state index contributed by atoms with van der Waals surface area (Å²) < 4.78 is 5.96. The highest BCUT2D eigenvalue weighted by molar-refractivity contribution is 6.05. The number of ether oxygens (including phenoxy) is 1. The van der Waals surface area contributed by atoms with Crippen LogP contribution in [0.4, 0.5) is 17.1 Å². The lowest BCUT2D eigenvalue weighted by molar-refractivity contribution is 0.102. The minimum atomic E-state index is -0.286. The van der Waals surface area contributed by atoms with Gasteiger partial charge in [-0.05, 0) is 54.6 Å². The Morgan fingerprint density at radius 1 is 0.893 bits per heavy atom. The summed E-state index contributed by atoms with van der Waals surface area (Å²) in [5.41, 5.74) is 14.2. The maximum atomic E-state index is 12.4. The van der Waals surface area contributed by atoms with Gasteiger partial charge in [0, 0.05) is 34.2 Å². The molecule has 6 heteroatoms. The highest BCUT2D eigenvalue weighted by atomic mass is 16.5.